The minimum Gasteiger partial charge on any atom is -0.342 e. The lowest BCUT2D eigenvalue weighted by atomic mass is 10.1. The maximum absolute atomic E-state index is 12.5. The van der Waals surface area contributed by atoms with Crippen LogP contribution in [0.15, 0.2) is 48.5 Å². The molecule has 1 heterocycles. The van der Waals surface area contributed by atoms with Crippen LogP contribution >= 0.6 is 11.6 Å². The van der Waals surface area contributed by atoms with Gasteiger partial charge in [0.15, 0.2) is 0 Å². The van der Waals surface area contributed by atoms with E-state index in [-0.39, 0.29) is 30.1 Å². The average Bonchev–Trinajstić information content (AvgIpc) is 3.09. The lowest BCUT2D eigenvalue weighted by Gasteiger charge is -2.16. The van der Waals surface area contributed by atoms with Gasteiger partial charge in [0.25, 0.3) is 5.91 Å². The molecule has 0 unspecified atom stereocenters. The van der Waals surface area contributed by atoms with Gasteiger partial charge < -0.3 is 15.5 Å². The molecule has 0 saturated carbocycles. The number of anilines is 2. The van der Waals surface area contributed by atoms with Gasteiger partial charge in [0.05, 0.1) is 5.92 Å². The molecule has 2 aromatic rings. The van der Waals surface area contributed by atoms with Crippen molar-refractivity contribution in [3.63, 3.8) is 0 Å². The second-order valence-electron chi connectivity index (χ2n) is 7.12. The highest BCUT2D eigenvalue weighted by Crippen LogP contribution is 2.21. The molecule has 0 aromatic heterocycles. The van der Waals surface area contributed by atoms with Crippen LogP contribution in [0.25, 0.3) is 0 Å². The third kappa shape index (κ3) is 5.57. The number of nitrogens with one attached hydrogen (secondary N) is 2. The Labute approximate surface area is 175 Å². The fraction of sp³-hybridized carbons (Fsp3) is 0.318. The summed E-state index contributed by atoms with van der Waals surface area (Å²) in [6.07, 6.45) is 2.20. The fourth-order valence-electron chi connectivity index (χ4n) is 3.20. The summed E-state index contributed by atoms with van der Waals surface area (Å²) >= 11 is 5.84. The zero-order valence-corrected chi connectivity index (χ0v) is 17.0. The number of halogens is 1. The number of likely N-dealkylation sites (tertiary alicyclic amines) is 1. The topological polar surface area (TPSA) is 78.5 Å². The molecule has 0 bridgehead atoms. The van der Waals surface area contributed by atoms with Crippen LogP contribution in [0.5, 0.6) is 0 Å². The molecule has 3 amide bonds. The van der Waals surface area contributed by atoms with Crippen molar-refractivity contribution in [2.24, 2.45) is 5.92 Å². The number of benzene rings is 2. The van der Waals surface area contributed by atoms with Crippen molar-refractivity contribution >= 4 is 40.7 Å². The normalized spacial score (nSPS) is 16.0. The monoisotopic (exact) mass is 413 g/mol. The van der Waals surface area contributed by atoms with Crippen LogP contribution < -0.4 is 10.6 Å². The summed E-state index contributed by atoms with van der Waals surface area (Å²) in [6, 6.07) is 13.5. The first-order valence-electron chi connectivity index (χ1n) is 9.72. The van der Waals surface area contributed by atoms with E-state index in [1.807, 2.05) is 0 Å². The Balaban J connectivity index is 1.55. The highest BCUT2D eigenvalue weighted by atomic mass is 35.5. The van der Waals surface area contributed by atoms with Gasteiger partial charge in [-0.05, 0) is 55.0 Å². The molecule has 152 valence electrons. The second kappa shape index (κ2) is 9.56. The largest absolute Gasteiger partial charge is 0.342 e. The Morgan fingerprint density at radius 3 is 2.31 bits per heavy atom. The van der Waals surface area contributed by atoms with Gasteiger partial charge in [0.2, 0.25) is 11.8 Å². The number of rotatable bonds is 7. The molecule has 1 fully saturated rings. The summed E-state index contributed by atoms with van der Waals surface area (Å²) in [4.78, 5) is 38.6. The van der Waals surface area contributed by atoms with Crippen molar-refractivity contribution in [2.75, 3.05) is 23.7 Å². The quantitative estimate of drug-likeness (QED) is 0.714. The van der Waals surface area contributed by atoms with Crippen LogP contribution in [0.2, 0.25) is 5.02 Å². The molecule has 2 N–H and O–H groups in total. The van der Waals surface area contributed by atoms with Gasteiger partial charge >= 0.3 is 0 Å². The lowest BCUT2D eigenvalue weighted by Crippen LogP contribution is -2.29. The summed E-state index contributed by atoms with van der Waals surface area (Å²) in [7, 11) is 0. The van der Waals surface area contributed by atoms with Crippen LogP contribution in [0.1, 0.15) is 36.5 Å². The molecular formula is C22H24ClN3O3. The minimum absolute atomic E-state index is 0.0350. The molecule has 1 aliphatic heterocycles. The zero-order valence-electron chi connectivity index (χ0n) is 16.3. The number of carbonyl (C=O) groups excluding carboxylic acids is 3. The maximum Gasteiger partial charge on any atom is 0.255 e. The molecule has 1 atom stereocenters. The molecule has 2 aromatic carbocycles. The highest BCUT2D eigenvalue weighted by molar-refractivity contribution is 6.30. The number of carbonyl (C=O) groups is 3. The van der Waals surface area contributed by atoms with Gasteiger partial charge in [-0.15, -0.1) is 0 Å². The number of hydrogen-bond donors (Lipinski definition) is 2. The van der Waals surface area contributed by atoms with Crippen LogP contribution in [0.3, 0.4) is 0 Å². The van der Waals surface area contributed by atoms with Gasteiger partial charge in [-0.2, -0.15) is 0 Å². The first-order chi connectivity index (χ1) is 14.0. The van der Waals surface area contributed by atoms with Gasteiger partial charge in [-0.25, -0.2) is 0 Å². The molecule has 3 rings (SSSR count). The van der Waals surface area contributed by atoms with Crippen molar-refractivity contribution < 1.29 is 14.4 Å². The van der Waals surface area contributed by atoms with E-state index in [0.717, 1.165) is 12.8 Å². The Hall–Kier alpha value is -2.86. The maximum atomic E-state index is 12.5. The molecule has 0 aliphatic carbocycles. The Morgan fingerprint density at radius 1 is 1.03 bits per heavy atom. The molecule has 1 saturated heterocycles. The third-order valence-corrected chi connectivity index (χ3v) is 5.14. The first-order valence-corrected chi connectivity index (χ1v) is 10.1. The second-order valence-corrected chi connectivity index (χ2v) is 7.56. The number of hydrogen-bond acceptors (Lipinski definition) is 3. The van der Waals surface area contributed by atoms with Crippen LogP contribution in [0.4, 0.5) is 11.4 Å². The Kier molecular flexibility index (Phi) is 6.88. The predicted octanol–water partition coefficient (Wildman–Crippen LogP) is 4.18. The number of nitrogens with zero attached hydrogens (tertiary/aromatic N) is 1. The summed E-state index contributed by atoms with van der Waals surface area (Å²) in [5, 5.41) is 6.23. The van der Waals surface area contributed by atoms with Crippen molar-refractivity contribution in [1.82, 2.24) is 4.90 Å². The Bertz CT molecular complexity index is 881. The summed E-state index contributed by atoms with van der Waals surface area (Å²) in [5.74, 6) is -0.728. The molecule has 1 aliphatic rings. The molecular weight excluding hydrogens is 390 g/mol. The standard InChI is InChI=1S/C22H24ClN3O3/c1-2-3-12-26-14-16(13-20(26)27)22(29)25-18-8-4-15(5-9-18)21(28)24-19-10-6-17(23)7-11-19/h4-11,16H,2-3,12-14H2,1H3,(H,24,28)(H,25,29)/t16-/m0/s1. The van der Waals surface area contributed by atoms with E-state index in [2.05, 4.69) is 17.6 Å². The van der Waals surface area contributed by atoms with E-state index in [1.54, 1.807) is 53.4 Å². The highest BCUT2D eigenvalue weighted by Gasteiger charge is 2.33. The van der Waals surface area contributed by atoms with E-state index < -0.39 is 0 Å². The fourth-order valence-corrected chi connectivity index (χ4v) is 3.32. The third-order valence-electron chi connectivity index (χ3n) is 4.88. The van der Waals surface area contributed by atoms with Crippen LogP contribution in [-0.2, 0) is 9.59 Å². The molecule has 7 heteroatoms. The average molecular weight is 414 g/mol. The van der Waals surface area contributed by atoms with Crippen LogP contribution in [-0.4, -0.2) is 35.7 Å². The van der Waals surface area contributed by atoms with E-state index in [1.165, 1.54) is 0 Å². The van der Waals surface area contributed by atoms with Gasteiger partial charge in [-0.3, -0.25) is 14.4 Å². The molecule has 29 heavy (non-hydrogen) atoms. The predicted molar refractivity (Wildman–Crippen MR) is 114 cm³/mol. The van der Waals surface area contributed by atoms with Crippen molar-refractivity contribution in [3.05, 3.63) is 59.1 Å². The molecule has 0 spiro atoms. The van der Waals surface area contributed by atoms with Gasteiger partial charge in [-0.1, -0.05) is 24.9 Å². The van der Waals surface area contributed by atoms with Gasteiger partial charge in [0, 0.05) is 41.5 Å². The molecule has 0 radical (unpaired) electrons. The number of amides is 3. The van der Waals surface area contributed by atoms with E-state index in [0.29, 0.717) is 35.1 Å². The summed E-state index contributed by atoms with van der Waals surface area (Å²) in [6.45, 7) is 3.24. The van der Waals surface area contributed by atoms with Gasteiger partial charge in [0.1, 0.15) is 0 Å². The number of unbranched alkanes of at least 4 members (excludes halogenated alkanes) is 1. The minimum atomic E-state index is -0.341. The summed E-state index contributed by atoms with van der Waals surface area (Å²) < 4.78 is 0. The van der Waals surface area contributed by atoms with Crippen molar-refractivity contribution in [2.45, 2.75) is 26.2 Å². The zero-order chi connectivity index (χ0) is 20.8. The smallest absolute Gasteiger partial charge is 0.255 e. The van der Waals surface area contributed by atoms with Crippen molar-refractivity contribution in [1.29, 1.82) is 0 Å². The van der Waals surface area contributed by atoms with Crippen LogP contribution in [0, 0.1) is 5.92 Å². The van der Waals surface area contributed by atoms with E-state index in [4.69, 9.17) is 11.6 Å². The Morgan fingerprint density at radius 2 is 1.66 bits per heavy atom. The summed E-state index contributed by atoms with van der Waals surface area (Å²) in [5.41, 5.74) is 1.72. The van der Waals surface area contributed by atoms with Crippen molar-refractivity contribution in [3.8, 4) is 0 Å². The lowest BCUT2D eigenvalue weighted by molar-refractivity contribution is -0.128. The van der Waals surface area contributed by atoms with E-state index in [9.17, 15) is 14.4 Å². The molecule has 6 nitrogen and oxygen atoms in total. The SMILES string of the molecule is CCCCN1C[C@@H](C(=O)Nc2ccc(C(=O)Nc3ccc(Cl)cc3)cc2)CC1=O. The van der Waals surface area contributed by atoms with E-state index >= 15 is 0 Å². The first kappa shape index (κ1) is 20.9.